The second-order valence-electron chi connectivity index (χ2n) is 5.52. The maximum atomic E-state index is 12.3. The number of amidine groups is 1. The fourth-order valence-electron chi connectivity index (χ4n) is 2.56. The number of hydrogen-bond donors (Lipinski definition) is 2. The molecule has 8 heteroatoms. The summed E-state index contributed by atoms with van der Waals surface area (Å²) in [6.07, 6.45) is 1.39. The van der Waals surface area contributed by atoms with Crippen molar-refractivity contribution in [2.45, 2.75) is 0 Å². The molecule has 2 aromatic rings. The number of rotatable bonds is 5. The summed E-state index contributed by atoms with van der Waals surface area (Å²) in [5.41, 5.74) is 1.27. The molecule has 2 heterocycles. The molecule has 0 bridgehead atoms. The molecule has 3 rings (SSSR count). The maximum absolute atomic E-state index is 12.3. The van der Waals surface area contributed by atoms with Gasteiger partial charge in [-0.05, 0) is 12.1 Å². The maximum Gasteiger partial charge on any atom is 0.292 e. The molecule has 136 valence electrons. The third-order valence-electron chi connectivity index (χ3n) is 3.81. The highest BCUT2D eigenvalue weighted by Crippen LogP contribution is 2.30. The lowest BCUT2D eigenvalue weighted by molar-refractivity contribution is -0.117. The molecule has 0 unspecified atom stereocenters. The zero-order chi connectivity index (χ0) is 19.2. The Morgan fingerprint density at radius 2 is 2.00 bits per heavy atom. The molecule has 2 N–H and O–H groups in total. The van der Waals surface area contributed by atoms with Gasteiger partial charge in [-0.15, -0.1) is 0 Å². The lowest BCUT2D eigenvalue weighted by Crippen LogP contribution is -2.30. The van der Waals surface area contributed by atoms with Gasteiger partial charge in [-0.2, -0.15) is 5.26 Å². The van der Waals surface area contributed by atoms with Crippen LogP contribution in [0.15, 0.2) is 57.6 Å². The largest absolute Gasteiger partial charge is 0.459 e. The minimum absolute atomic E-state index is 0.130. The third-order valence-corrected chi connectivity index (χ3v) is 3.81. The van der Waals surface area contributed by atoms with Crippen LogP contribution in [0.3, 0.4) is 0 Å². The van der Waals surface area contributed by atoms with E-state index in [-0.39, 0.29) is 29.4 Å². The van der Waals surface area contributed by atoms with E-state index >= 15 is 0 Å². The van der Waals surface area contributed by atoms with Gasteiger partial charge >= 0.3 is 0 Å². The Hall–Kier alpha value is -3.70. The van der Waals surface area contributed by atoms with E-state index in [1.165, 1.54) is 19.4 Å². The number of ether oxygens (including phenoxy) is 1. The molecule has 0 aliphatic carbocycles. The highest BCUT2D eigenvalue weighted by atomic mass is 16.5. The van der Waals surface area contributed by atoms with Crippen LogP contribution in [0.5, 0.6) is 0 Å². The molecule has 0 spiro atoms. The van der Waals surface area contributed by atoms with Gasteiger partial charge in [-0.3, -0.25) is 9.59 Å². The number of aliphatic imine (C=N–C) groups is 1. The average molecular weight is 364 g/mol. The van der Waals surface area contributed by atoms with Crippen molar-refractivity contribution in [2.24, 2.45) is 4.99 Å². The van der Waals surface area contributed by atoms with Crippen LogP contribution in [0.25, 0.3) is 5.70 Å². The predicted octanol–water partition coefficient (Wildman–Crippen LogP) is 1.47. The number of furan rings is 1. The summed E-state index contributed by atoms with van der Waals surface area (Å²) in [4.78, 5) is 28.9. The number of benzene rings is 1. The Morgan fingerprint density at radius 1 is 1.22 bits per heavy atom. The number of hydrogen-bond acceptors (Lipinski definition) is 6. The number of carbonyl (C=O) groups excluding carboxylic acids is 2. The summed E-state index contributed by atoms with van der Waals surface area (Å²) in [6.45, 7) is 0.589. The van der Waals surface area contributed by atoms with Crippen LogP contribution in [0.1, 0.15) is 21.7 Å². The van der Waals surface area contributed by atoms with E-state index in [1.807, 2.05) is 6.07 Å². The summed E-state index contributed by atoms with van der Waals surface area (Å²) in [7, 11) is 1.52. The average Bonchev–Trinajstić information content (AvgIpc) is 3.32. The molecule has 0 saturated heterocycles. The molecule has 0 fully saturated rings. The fraction of sp³-hybridized carbons (Fsp3) is 0.158. The smallest absolute Gasteiger partial charge is 0.292 e. The SMILES string of the molecule is COCCNC(=O)C(C#N)=C1N=C(NC(=O)c2ccco2)c2ccccc21. The number of methoxy groups -OCH3 is 1. The van der Waals surface area contributed by atoms with Crippen molar-refractivity contribution >= 4 is 23.3 Å². The monoisotopic (exact) mass is 364 g/mol. The second-order valence-corrected chi connectivity index (χ2v) is 5.52. The molecule has 8 nitrogen and oxygen atoms in total. The number of nitriles is 1. The van der Waals surface area contributed by atoms with Crippen LogP contribution < -0.4 is 10.6 Å². The van der Waals surface area contributed by atoms with Gasteiger partial charge in [0.05, 0.1) is 18.6 Å². The van der Waals surface area contributed by atoms with Crippen molar-refractivity contribution in [3.05, 3.63) is 65.1 Å². The van der Waals surface area contributed by atoms with E-state index in [0.717, 1.165) is 0 Å². The van der Waals surface area contributed by atoms with E-state index in [4.69, 9.17) is 9.15 Å². The molecule has 27 heavy (non-hydrogen) atoms. The first-order valence-corrected chi connectivity index (χ1v) is 8.10. The standard InChI is InChI=1S/C19H16N4O4/c1-26-10-8-21-18(24)14(11-20)16-12-5-2-3-6-13(12)17(22-16)23-19(25)15-7-4-9-27-15/h2-7,9H,8,10H2,1H3,(H,21,24)(H,22,23,25). The van der Waals surface area contributed by atoms with Crippen molar-refractivity contribution in [2.75, 3.05) is 20.3 Å². The van der Waals surface area contributed by atoms with Gasteiger partial charge in [0.25, 0.3) is 11.8 Å². The van der Waals surface area contributed by atoms with Crippen LogP contribution >= 0.6 is 0 Å². The number of fused-ring (bicyclic) bond motifs is 1. The van der Waals surface area contributed by atoms with Crippen LogP contribution in [0.2, 0.25) is 0 Å². The Morgan fingerprint density at radius 3 is 2.67 bits per heavy atom. The molecular formula is C19H16N4O4. The second kappa shape index (κ2) is 8.12. The van der Waals surface area contributed by atoms with Crippen molar-refractivity contribution in [3.8, 4) is 6.07 Å². The van der Waals surface area contributed by atoms with E-state index < -0.39 is 11.8 Å². The highest BCUT2D eigenvalue weighted by molar-refractivity contribution is 6.20. The number of nitrogens with zero attached hydrogens (tertiary/aromatic N) is 2. The predicted molar refractivity (Wildman–Crippen MR) is 96.6 cm³/mol. The Bertz CT molecular complexity index is 968. The van der Waals surface area contributed by atoms with Crippen molar-refractivity contribution < 1.29 is 18.7 Å². The zero-order valence-electron chi connectivity index (χ0n) is 14.5. The van der Waals surface area contributed by atoms with Gasteiger partial charge in [0.1, 0.15) is 17.5 Å². The van der Waals surface area contributed by atoms with Crippen LogP contribution in [-0.4, -0.2) is 37.9 Å². The minimum atomic E-state index is -0.554. The van der Waals surface area contributed by atoms with Gasteiger partial charge in [-0.1, -0.05) is 24.3 Å². The summed E-state index contributed by atoms with van der Waals surface area (Å²) < 4.78 is 9.96. The number of amides is 2. The topological polar surface area (TPSA) is 117 Å². The molecule has 1 aromatic carbocycles. The summed E-state index contributed by atoms with van der Waals surface area (Å²) in [5, 5.41) is 14.7. The van der Waals surface area contributed by atoms with E-state index in [2.05, 4.69) is 15.6 Å². The normalized spacial score (nSPS) is 14.0. The molecular weight excluding hydrogens is 348 g/mol. The Kier molecular flexibility index (Phi) is 5.44. The fourth-order valence-corrected chi connectivity index (χ4v) is 2.56. The quantitative estimate of drug-likeness (QED) is 0.473. The minimum Gasteiger partial charge on any atom is -0.459 e. The molecule has 1 aromatic heterocycles. The highest BCUT2D eigenvalue weighted by Gasteiger charge is 2.27. The van der Waals surface area contributed by atoms with Gasteiger partial charge in [0.15, 0.2) is 5.76 Å². The van der Waals surface area contributed by atoms with Gasteiger partial charge < -0.3 is 19.8 Å². The van der Waals surface area contributed by atoms with Gasteiger partial charge in [0.2, 0.25) is 0 Å². The molecule has 0 atom stereocenters. The van der Waals surface area contributed by atoms with Crippen molar-refractivity contribution in [1.29, 1.82) is 5.26 Å². The molecule has 0 saturated carbocycles. The first-order valence-electron chi connectivity index (χ1n) is 8.10. The lowest BCUT2D eigenvalue weighted by Gasteiger charge is -2.05. The van der Waals surface area contributed by atoms with E-state index in [1.54, 1.807) is 30.3 Å². The Balaban J connectivity index is 1.95. The van der Waals surface area contributed by atoms with Gasteiger partial charge in [0, 0.05) is 24.8 Å². The summed E-state index contributed by atoms with van der Waals surface area (Å²) in [6, 6.07) is 12.1. The lowest BCUT2D eigenvalue weighted by atomic mass is 10.0. The van der Waals surface area contributed by atoms with Crippen molar-refractivity contribution in [1.82, 2.24) is 10.6 Å². The molecule has 1 aliphatic heterocycles. The number of carbonyl (C=O) groups is 2. The van der Waals surface area contributed by atoms with Crippen LogP contribution in [-0.2, 0) is 9.53 Å². The van der Waals surface area contributed by atoms with Crippen LogP contribution in [0, 0.1) is 11.3 Å². The van der Waals surface area contributed by atoms with Gasteiger partial charge in [-0.25, -0.2) is 4.99 Å². The summed E-state index contributed by atoms with van der Waals surface area (Å²) in [5.74, 6) is -0.649. The molecule has 2 amide bonds. The molecule has 1 aliphatic rings. The molecule has 0 radical (unpaired) electrons. The Labute approximate surface area is 155 Å². The zero-order valence-corrected chi connectivity index (χ0v) is 14.5. The van der Waals surface area contributed by atoms with E-state index in [0.29, 0.717) is 17.7 Å². The van der Waals surface area contributed by atoms with Crippen molar-refractivity contribution in [3.63, 3.8) is 0 Å². The first-order chi connectivity index (χ1) is 13.2. The number of nitrogens with one attached hydrogen (secondary N) is 2. The van der Waals surface area contributed by atoms with E-state index in [9.17, 15) is 14.9 Å². The first kappa shape index (κ1) is 18.1. The summed E-state index contributed by atoms with van der Waals surface area (Å²) >= 11 is 0. The third kappa shape index (κ3) is 3.78. The van der Waals surface area contributed by atoms with Crippen LogP contribution in [0.4, 0.5) is 0 Å².